The molecule has 1 aromatic heterocycles. The first-order valence-electron chi connectivity index (χ1n) is 4.65. The second-order valence-corrected chi connectivity index (χ2v) is 3.53. The Balaban J connectivity index is 2.87. The average molecular weight is 217 g/mol. The standard InChI is InChI=1S/C9H13ClN2O2/c1-2-3-4-5-12-8(13)6-7(10)11-9(12)14/h6H,2-5H2,1H3,(H,11,14). The molecule has 0 aliphatic heterocycles. The molecule has 78 valence electrons. The molecule has 0 unspecified atom stereocenters. The number of rotatable bonds is 4. The zero-order valence-electron chi connectivity index (χ0n) is 8.05. The number of hydrogen-bond donors (Lipinski definition) is 1. The van der Waals surface area contributed by atoms with Crippen molar-refractivity contribution in [3.63, 3.8) is 0 Å². The summed E-state index contributed by atoms with van der Waals surface area (Å²) < 4.78 is 1.17. The van der Waals surface area contributed by atoms with E-state index >= 15 is 0 Å². The highest BCUT2D eigenvalue weighted by Crippen LogP contribution is 1.96. The highest BCUT2D eigenvalue weighted by Gasteiger charge is 2.01. The van der Waals surface area contributed by atoms with Crippen molar-refractivity contribution in [1.29, 1.82) is 0 Å². The first-order chi connectivity index (χ1) is 6.65. The Morgan fingerprint density at radius 2 is 2.14 bits per heavy atom. The third kappa shape index (κ3) is 2.73. The SMILES string of the molecule is CCCCCn1c(=O)cc(Cl)[nH]c1=O. The summed E-state index contributed by atoms with van der Waals surface area (Å²) in [5.41, 5.74) is -0.770. The Bertz CT molecular complexity index is 377. The Morgan fingerprint density at radius 1 is 1.43 bits per heavy atom. The molecule has 1 heterocycles. The maximum Gasteiger partial charge on any atom is 0.329 e. The van der Waals surface area contributed by atoms with Crippen LogP contribution in [0.15, 0.2) is 15.7 Å². The van der Waals surface area contributed by atoms with Gasteiger partial charge in [-0.05, 0) is 6.42 Å². The Labute approximate surface area is 86.5 Å². The van der Waals surface area contributed by atoms with E-state index in [1.807, 2.05) is 0 Å². The molecule has 1 rings (SSSR count). The van der Waals surface area contributed by atoms with Gasteiger partial charge in [0.25, 0.3) is 5.56 Å². The molecule has 0 amide bonds. The summed E-state index contributed by atoms with van der Waals surface area (Å²) in [4.78, 5) is 25.0. The van der Waals surface area contributed by atoms with Gasteiger partial charge in [-0.15, -0.1) is 0 Å². The molecule has 1 N–H and O–H groups in total. The molecule has 0 aliphatic carbocycles. The summed E-state index contributed by atoms with van der Waals surface area (Å²) in [6.07, 6.45) is 2.90. The van der Waals surface area contributed by atoms with Gasteiger partial charge in [0, 0.05) is 12.6 Å². The quantitative estimate of drug-likeness (QED) is 0.611. The molecule has 0 bridgehead atoms. The molecule has 5 heteroatoms. The number of H-pyrrole nitrogens is 1. The Kier molecular flexibility index (Phi) is 3.95. The van der Waals surface area contributed by atoms with Gasteiger partial charge >= 0.3 is 5.69 Å². The van der Waals surface area contributed by atoms with E-state index in [1.54, 1.807) is 0 Å². The van der Waals surface area contributed by atoms with Crippen molar-refractivity contribution < 1.29 is 0 Å². The summed E-state index contributed by atoms with van der Waals surface area (Å²) in [6.45, 7) is 2.52. The van der Waals surface area contributed by atoms with Gasteiger partial charge in [0.2, 0.25) is 0 Å². The highest BCUT2D eigenvalue weighted by molar-refractivity contribution is 6.29. The van der Waals surface area contributed by atoms with Gasteiger partial charge in [0.1, 0.15) is 5.15 Å². The molecule has 4 nitrogen and oxygen atoms in total. The lowest BCUT2D eigenvalue weighted by molar-refractivity contribution is 0.563. The van der Waals surface area contributed by atoms with Crippen LogP contribution in [0.25, 0.3) is 0 Å². The van der Waals surface area contributed by atoms with Gasteiger partial charge in [-0.1, -0.05) is 31.4 Å². The van der Waals surface area contributed by atoms with E-state index in [9.17, 15) is 9.59 Å². The first-order valence-corrected chi connectivity index (χ1v) is 5.02. The lowest BCUT2D eigenvalue weighted by Crippen LogP contribution is -2.34. The molecule has 1 aromatic rings. The minimum Gasteiger partial charge on any atom is -0.298 e. The van der Waals surface area contributed by atoms with Crippen molar-refractivity contribution in [2.24, 2.45) is 0 Å². The largest absolute Gasteiger partial charge is 0.329 e. The van der Waals surface area contributed by atoms with Crippen molar-refractivity contribution in [3.8, 4) is 0 Å². The van der Waals surface area contributed by atoms with E-state index < -0.39 is 5.69 Å². The number of aromatic nitrogens is 2. The van der Waals surface area contributed by atoms with E-state index in [2.05, 4.69) is 11.9 Å². The van der Waals surface area contributed by atoms with Crippen LogP contribution in [0.5, 0.6) is 0 Å². The van der Waals surface area contributed by atoms with Crippen LogP contribution in [0.1, 0.15) is 26.2 Å². The second-order valence-electron chi connectivity index (χ2n) is 3.12. The van der Waals surface area contributed by atoms with Crippen LogP contribution in [0.3, 0.4) is 0 Å². The van der Waals surface area contributed by atoms with Gasteiger partial charge < -0.3 is 0 Å². The predicted molar refractivity (Wildman–Crippen MR) is 55.9 cm³/mol. The van der Waals surface area contributed by atoms with E-state index in [0.717, 1.165) is 19.3 Å². The van der Waals surface area contributed by atoms with E-state index in [4.69, 9.17) is 11.6 Å². The van der Waals surface area contributed by atoms with E-state index in [0.29, 0.717) is 6.54 Å². The molecule has 0 saturated carbocycles. The van der Waals surface area contributed by atoms with Gasteiger partial charge in [0.05, 0.1) is 0 Å². The molecule has 0 radical (unpaired) electrons. The van der Waals surface area contributed by atoms with Gasteiger partial charge in [-0.3, -0.25) is 14.3 Å². The van der Waals surface area contributed by atoms with E-state index in [-0.39, 0.29) is 10.7 Å². The smallest absolute Gasteiger partial charge is 0.298 e. The van der Waals surface area contributed by atoms with Crippen LogP contribution in [0, 0.1) is 0 Å². The normalized spacial score (nSPS) is 10.4. The number of halogens is 1. The summed E-state index contributed by atoms with van der Waals surface area (Å²) in [5, 5.41) is 0.0896. The maximum absolute atomic E-state index is 11.3. The predicted octanol–water partition coefficient (Wildman–Crippen LogP) is 1.38. The molecular formula is C9H13ClN2O2. The van der Waals surface area contributed by atoms with Crippen LogP contribution in [0.2, 0.25) is 5.15 Å². The van der Waals surface area contributed by atoms with Crippen LogP contribution in [-0.2, 0) is 6.54 Å². The third-order valence-electron chi connectivity index (χ3n) is 1.97. The fourth-order valence-electron chi connectivity index (χ4n) is 1.22. The molecule has 0 spiro atoms. The molecule has 0 atom stereocenters. The van der Waals surface area contributed by atoms with Crippen LogP contribution in [-0.4, -0.2) is 9.55 Å². The van der Waals surface area contributed by atoms with E-state index in [1.165, 1.54) is 10.6 Å². The number of hydrogen-bond acceptors (Lipinski definition) is 2. The zero-order valence-corrected chi connectivity index (χ0v) is 8.80. The average Bonchev–Trinajstić information content (AvgIpc) is 2.09. The van der Waals surface area contributed by atoms with Crippen LogP contribution in [0.4, 0.5) is 0 Å². The van der Waals surface area contributed by atoms with Gasteiger partial charge in [0.15, 0.2) is 0 Å². The third-order valence-corrected chi connectivity index (χ3v) is 2.18. The maximum atomic E-state index is 11.3. The molecule has 0 saturated heterocycles. The van der Waals surface area contributed by atoms with Crippen LogP contribution < -0.4 is 11.2 Å². The number of nitrogens with one attached hydrogen (secondary N) is 1. The van der Waals surface area contributed by atoms with Gasteiger partial charge in [-0.25, -0.2) is 4.79 Å². The van der Waals surface area contributed by atoms with Crippen molar-refractivity contribution in [3.05, 3.63) is 32.1 Å². The lowest BCUT2D eigenvalue weighted by atomic mass is 10.2. The zero-order chi connectivity index (χ0) is 10.6. The fourth-order valence-corrected chi connectivity index (χ4v) is 1.40. The first kappa shape index (κ1) is 11.0. The topological polar surface area (TPSA) is 54.9 Å². The fraction of sp³-hybridized carbons (Fsp3) is 0.556. The highest BCUT2D eigenvalue weighted by atomic mass is 35.5. The van der Waals surface area contributed by atoms with Crippen molar-refractivity contribution in [2.75, 3.05) is 0 Å². The minimum absolute atomic E-state index is 0.0896. The Hall–Kier alpha value is -1.03. The molecular weight excluding hydrogens is 204 g/mol. The van der Waals surface area contributed by atoms with Crippen molar-refractivity contribution in [1.82, 2.24) is 9.55 Å². The van der Waals surface area contributed by atoms with Crippen molar-refractivity contribution in [2.45, 2.75) is 32.7 Å². The molecule has 0 fully saturated rings. The number of unbranched alkanes of at least 4 members (excludes halogenated alkanes) is 2. The second kappa shape index (κ2) is 5.00. The number of aromatic amines is 1. The van der Waals surface area contributed by atoms with Crippen molar-refractivity contribution >= 4 is 11.6 Å². The Morgan fingerprint density at radius 3 is 2.71 bits per heavy atom. The molecule has 0 aromatic carbocycles. The van der Waals surface area contributed by atoms with Gasteiger partial charge in [-0.2, -0.15) is 0 Å². The molecule has 0 aliphatic rings. The summed E-state index contributed by atoms with van der Waals surface area (Å²) >= 11 is 5.51. The van der Waals surface area contributed by atoms with Crippen LogP contribution >= 0.6 is 11.6 Å². The summed E-state index contributed by atoms with van der Waals surface area (Å²) in [6, 6.07) is 1.22. The number of nitrogens with zero attached hydrogens (tertiary/aromatic N) is 1. The monoisotopic (exact) mass is 216 g/mol. The summed E-state index contributed by atoms with van der Waals surface area (Å²) in [7, 11) is 0. The lowest BCUT2D eigenvalue weighted by Gasteiger charge is -2.02. The summed E-state index contributed by atoms with van der Waals surface area (Å²) in [5.74, 6) is 0. The minimum atomic E-state index is -0.432. The molecule has 14 heavy (non-hydrogen) atoms.